The molecule has 1 heterocycles. The third-order valence-corrected chi connectivity index (χ3v) is 1.40. The predicted molar refractivity (Wildman–Crippen MR) is 34.5 cm³/mol. The van der Waals surface area contributed by atoms with Gasteiger partial charge in [0.15, 0.2) is 6.10 Å². The molecule has 0 saturated carbocycles. The summed E-state index contributed by atoms with van der Waals surface area (Å²) in [5, 5.41) is 18.4. The van der Waals surface area contributed by atoms with Crippen LogP contribution in [0.25, 0.3) is 0 Å². The summed E-state index contributed by atoms with van der Waals surface area (Å²) in [7, 11) is 0. The van der Waals surface area contributed by atoms with Gasteiger partial charge in [0.05, 0.1) is 0 Å². The maximum atomic E-state index is 11.8. The van der Waals surface area contributed by atoms with Gasteiger partial charge in [-0.15, -0.1) is 5.10 Å². The first-order chi connectivity index (χ1) is 6.00. The number of aliphatic hydroxyl groups excluding tert-OH is 1. The molecule has 8 heteroatoms. The van der Waals surface area contributed by atoms with Gasteiger partial charge >= 0.3 is 6.18 Å². The quantitative estimate of drug-likeness (QED) is 0.738. The molecule has 1 atom stereocenters. The fourth-order valence-corrected chi connectivity index (χ4v) is 0.701. The van der Waals surface area contributed by atoms with E-state index in [1.165, 1.54) is 6.33 Å². The molecule has 5 nitrogen and oxygen atoms in total. The van der Waals surface area contributed by atoms with Crippen LogP contribution < -0.4 is 0 Å². The number of aliphatic hydroxyl groups is 1. The molecule has 74 valence electrons. The zero-order valence-electron chi connectivity index (χ0n) is 6.44. The molecule has 0 spiro atoms. The predicted octanol–water partition coefficient (Wildman–Crippen LogP) is -0.0136. The smallest absolute Gasteiger partial charge is 0.384 e. The Hall–Kier alpha value is -1.18. The van der Waals surface area contributed by atoms with Crippen molar-refractivity contribution in [2.75, 3.05) is 0 Å². The minimum atomic E-state index is -4.58. The molecule has 0 radical (unpaired) electrons. The minimum absolute atomic E-state index is 0.0618. The second-order valence-electron chi connectivity index (χ2n) is 2.42. The number of rotatable bonds is 3. The molecule has 1 aromatic rings. The van der Waals surface area contributed by atoms with E-state index in [1.54, 1.807) is 0 Å². The molecule has 1 N–H and O–H groups in total. The van der Waals surface area contributed by atoms with Gasteiger partial charge in [-0.2, -0.15) is 13.2 Å². The van der Waals surface area contributed by atoms with E-state index < -0.39 is 18.7 Å². The van der Waals surface area contributed by atoms with E-state index in [9.17, 15) is 13.2 Å². The Bertz CT molecular complexity index is 247. The van der Waals surface area contributed by atoms with Crippen LogP contribution >= 0.6 is 0 Å². The highest BCUT2D eigenvalue weighted by Crippen LogP contribution is 2.22. The van der Waals surface area contributed by atoms with Gasteiger partial charge in [0.2, 0.25) is 0 Å². The molecule has 0 fully saturated rings. The van der Waals surface area contributed by atoms with Crippen LogP contribution in [0, 0.1) is 0 Å². The van der Waals surface area contributed by atoms with Gasteiger partial charge in [-0.1, -0.05) is 0 Å². The van der Waals surface area contributed by atoms with Crippen molar-refractivity contribution in [1.82, 2.24) is 20.2 Å². The summed E-state index contributed by atoms with van der Waals surface area (Å²) in [5.41, 5.74) is 0. The van der Waals surface area contributed by atoms with Crippen LogP contribution in [0.3, 0.4) is 0 Å². The molecule has 0 aliphatic rings. The van der Waals surface area contributed by atoms with E-state index in [1.807, 2.05) is 0 Å². The largest absolute Gasteiger partial charge is 0.414 e. The summed E-state index contributed by atoms with van der Waals surface area (Å²) in [6.07, 6.45) is -6.16. The molecular weight excluding hydrogens is 189 g/mol. The third-order valence-electron chi connectivity index (χ3n) is 1.40. The lowest BCUT2D eigenvalue weighted by Crippen LogP contribution is -2.29. The van der Waals surface area contributed by atoms with Gasteiger partial charge in [-0.25, -0.2) is 4.68 Å². The number of hydrogen-bond donors (Lipinski definition) is 1. The Kier molecular flexibility index (Phi) is 2.81. The number of aryl methyl sites for hydroxylation is 1. The maximum absolute atomic E-state index is 11.8. The van der Waals surface area contributed by atoms with Gasteiger partial charge in [-0.3, -0.25) is 0 Å². The monoisotopic (exact) mass is 196 g/mol. The maximum Gasteiger partial charge on any atom is 0.414 e. The molecule has 0 aliphatic heterocycles. The molecule has 0 amide bonds. The van der Waals surface area contributed by atoms with Gasteiger partial charge in [0.25, 0.3) is 0 Å². The second kappa shape index (κ2) is 3.69. The van der Waals surface area contributed by atoms with E-state index in [0.29, 0.717) is 0 Å². The zero-order valence-corrected chi connectivity index (χ0v) is 6.44. The number of hydrogen-bond acceptors (Lipinski definition) is 4. The number of nitrogens with zero attached hydrogens (tertiary/aromatic N) is 4. The number of tetrazole rings is 1. The highest BCUT2D eigenvalue weighted by Gasteiger charge is 2.37. The van der Waals surface area contributed by atoms with Crippen molar-refractivity contribution in [3.63, 3.8) is 0 Å². The molecule has 0 aliphatic carbocycles. The lowest BCUT2D eigenvalue weighted by Gasteiger charge is -2.13. The average Bonchev–Trinajstić information content (AvgIpc) is 2.50. The van der Waals surface area contributed by atoms with Gasteiger partial charge < -0.3 is 5.11 Å². The zero-order chi connectivity index (χ0) is 9.90. The van der Waals surface area contributed by atoms with Crippen molar-refractivity contribution in [1.29, 1.82) is 0 Å². The first-order valence-electron chi connectivity index (χ1n) is 3.45. The Morgan fingerprint density at radius 1 is 1.46 bits per heavy atom. The van der Waals surface area contributed by atoms with E-state index in [0.717, 1.165) is 4.68 Å². The summed E-state index contributed by atoms with van der Waals surface area (Å²) in [6.45, 7) is -0.0618. The first kappa shape index (κ1) is 9.90. The van der Waals surface area contributed by atoms with Gasteiger partial charge in [-0.05, 0) is 10.4 Å². The minimum Gasteiger partial charge on any atom is -0.384 e. The molecule has 1 unspecified atom stereocenters. The Morgan fingerprint density at radius 2 is 2.15 bits per heavy atom. The highest BCUT2D eigenvalue weighted by molar-refractivity contribution is 4.64. The lowest BCUT2D eigenvalue weighted by molar-refractivity contribution is -0.206. The normalized spacial score (nSPS) is 14.5. The molecule has 0 aromatic carbocycles. The first-order valence-corrected chi connectivity index (χ1v) is 3.45. The summed E-state index contributed by atoms with van der Waals surface area (Å²) in [6, 6.07) is 0. The van der Waals surface area contributed by atoms with Crippen LogP contribution in [0.1, 0.15) is 6.42 Å². The highest BCUT2D eigenvalue weighted by atomic mass is 19.4. The average molecular weight is 196 g/mol. The molecule has 0 saturated heterocycles. The third kappa shape index (κ3) is 2.98. The molecule has 13 heavy (non-hydrogen) atoms. The van der Waals surface area contributed by atoms with Crippen molar-refractivity contribution < 1.29 is 18.3 Å². The second-order valence-corrected chi connectivity index (χ2v) is 2.42. The van der Waals surface area contributed by atoms with Crippen LogP contribution in [0.15, 0.2) is 6.33 Å². The van der Waals surface area contributed by atoms with Gasteiger partial charge in [0, 0.05) is 13.0 Å². The Morgan fingerprint density at radius 3 is 2.62 bits per heavy atom. The summed E-state index contributed by atoms with van der Waals surface area (Å²) in [4.78, 5) is 0. The van der Waals surface area contributed by atoms with Crippen LogP contribution in [0.2, 0.25) is 0 Å². The summed E-state index contributed by atoms with van der Waals surface area (Å²) >= 11 is 0. The molecule has 1 aromatic heterocycles. The van der Waals surface area contributed by atoms with E-state index in [4.69, 9.17) is 5.11 Å². The van der Waals surface area contributed by atoms with Crippen molar-refractivity contribution in [3.05, 3.63) is 6.33 Å². The Labute approximate surface area is 71.2 Å². The fourth-order valence-electron chi connectivity index (χ4n) is 0.701. The topological polar surface area (TPSA) is 63.8 Å². The number of alkyl halides is 3. The number of aromatic nitrogens is 4. The van der Waals surface area contributed by atoms with E-state index >= 15 is 0 Å². The van der Waals surface area contributed by atoms with Crippen LogP contribution in [-0.2, 0) is 6.54 Å². The van der Waals surface area contributed by atoms with Crippen molar-refractivity contribution in [2.24, 2.45) is 0 Å². The van der Waals surface area contributed by atoms with E-state index in [-0.39, 0.29) is 6.54 Å². The molecule has 0 bridgehead atoms. The van der Waals surface area contributed by atoms with Crippen LogP contribution in [0.5, 0.6) is 0 Å². The SMILES string of the molecule is OC(CCn1cnnn1)C(F)(F)F. The van der Waals surface area contributed by atoms with E-state index in [2.05, 4.69) is 15.5 Å². The van der Waals surface area contributed by atoms with Crippen LogP contribution in [-0.4, -0.2) is 37.6 Å². The van der Waals surface area contributed by atoms with Crippen molar-refractivity contribution in [2.45, 2.75) is 25.2 Å². The number of halogens is 3. The lowest BCUT2D eigenvalue weighted by atomic mass is 10.2. The van der Waals surface area contributed by atoms with Crippen molar-refractivity contribution in [3.8, 4) is 0 Å². The van der Waals surface area contributed by atoms with Crippen LogP contribution in [0.4, 0.5) is 13.2 Å². The summed E-state index contributed by atoms with van der Waals surface area (Å²) in [5.74, 6) is 0. The van der Waals surface area contributed by atoms with Crippen molar-refractivity contribution >= 4 is 0 Å². The summed E-state index contributed by atoms with van der Waals surface area (Å²) < 4.78 is 36.4. The fraction of sp³-hybridized carbons (Fsp3) is 0.800. The molecular formula is C5H7F3N4O. The Balaban J connectivity index is 2.35. The van der Waals surface area contributed by atoms with Gasteiger partial charge in [0.1, 0.15) is 6.33 Å². The standard InChI is InChI=1S/C5H7F3N4O/c6-5(7,8)4(13)1-2-12-3-9-10-11-12/h3-4,13H,1-2H2. The molecule has 1 rings (SSSR count).